The zero-order valence-electron chi connectivity index (χ0n) is 5.02. The molecule has 4 heteroatoms. The summed E-state index contributed by atoms with van der Waals surface area (Å²) in [5, 5.41) is 0.823. The molecule has 1 heterocycles. The monoisotopic (exact) mass is 206 g/mol. The predicted molar refractivity (Wildman–Crippen MR) is 43.6 cm³/mol. The minimum Gasteiger partial charge on any atom is -0.389 e. The topological polar surface area (TPSA) is 38.9 Å². The molecule has 0 radical (unpaired) electrons. The molecule has 0 saturated heterocycles. The first-order valence-electron chi connectivity index (χ1n) is 2.64. The summed E-state index contributed by atoms with van der Waals surface area (Å²) >= 11 is 4.73. The highest BCUT2D eigenvalue weighted by molar-refractivity contribution is 9.11. The van der Waals surface area contributed by atoms with E-state index in [1.807, 2.05) is 6.92 Å². The van der Waals surface area contributed by atoms with E-state index in [0.717, 1.165) is 21.0 Å². The molecule has 1 aromatic rings. The second-order valence-electron chi connectivity index (χ2n) is 1.63. The molecule has 50 valence electrons. The van der Waals surface area contributed by atoms with Crippen molar-refractivity contribution in [1.29, 1.82) is 0 Å². The van der Waals surface area contributed by atoms with Crippen LogP contribution in [0, 0.1) is 0 Å². The molecule has 0 unspecified atom stereocenters. The number of aryl methyl sites for hydroxylation is 1. The van der Waals surface area contributed by atoms with Crippen molar-refractivity contribution in [2.45, 2.75) is 13.3 Å². The van der Waals surface area contributed by atoms with Gasteiger partial charge in [0.1, 0.15) is 5.00 Å². The van der Waals surface area contributed by atoms with Crippen molar-refractivity contribution in [3.8, 4) is 0 Å². The van der Waals surface area contributed by atoms with Crippen LogP contribution in [-0.2, 0) is 6.42 Å². The number of nitrogens with zero attached hydrogens (tertiary/aromatic N) is 1. The Kier molecular flexibility index (Phi) is 2.08. The van der Waals surface area contributed by atoms with Crippen molar-refractivity contribution < 1.29 is 0 Å². The summed E-state index contributed by atoms with van der Waals surface area (Å²) in [6, 6.07) is 0. The lowest BCUT2D eigenvalue weighted by Crippen LogP contribution is -1.86. The Morgan fingerprint density at radius 1 is 1.78 bits per heavy atom. The minimum atomic E-state index is 0.823. The van der Waals surface area contributed by atoms with E-state index in [-0.39, 0.29) is 0 Å². The van der Waals surface area contributed by atoms with Crippen molar-refractivity contribution in [2.75, 3.05) is 5.73 Å². The quantitative estimate of drug-likeness (QED) is 0.765. The Bertz CT molecular complexity index is 209. The van der Waals surface area contributed by atoms with Gasteiger partial charge in [-0.25, -0.2) is 4.98 Å². The van der Waals surface area contributed by atoms with Crippen LogP contribution in [0.3, 0.4) is 0 Å². The Labute approximate surface area is 66.2 Å². The number of hydrogen-bond acceptors (Lipinski definition) is 3. The first-order chi connectivity index (χ1) is 4.24. The summed E-state index contributed by atoms with van der Waals surface area (Å²) in [7, 11) is 0. The van der Waals surface area contributed by atoms with E-state index >= 15 is 0 Å². The lowest BCUT2D eigenvalue weighted by atomic mass is 10.4. The van der Waals surface area contributed by atoms with Crippen molar-refractivity contribution in [2.24, 2.45) is 0 Å². The van der Waals surface area contributed by atoms with Crippen LogP contribution in [0.4, 0.5) is 5.00 Å². The minimum absolute atomic E-state index is 0.823. The van der Waals surface area contributed by atoms with E-state index in [4.69, 9.17) is 5.73 Å². The van der Waals surface area contributed by atoms with Gasteiger partial charge in [-0.1, -0.05) is 18.3 Å². The fourth-order valence-electron chi connectivity index (χ4n) is 0.587. The summed E-state index contributed by atoms with van der Waals surface area (Å²) < 4.78 is 0.872. The van der Waals surface area contributed by atoms with Crippen molar-refractivity contribution in [3.63, 3.8) is 0 Å². The van der Waals surface area contributed by atoms with E-state index in [1.165, 1.54) is 11.3 Å². The molecule has 9 heavy (non-hydrogen) atoms. The summed E-state index contributed by atoms with van der Waals surface area (Å²) in [5.41, 5.74) is 6.57. The molecule has 0 aliphatic rings. The molecule has 1 aromatic heterocycles. The van der Waals surface area contributed by atoms with Crippen LogP contribution < -0.4 is 5.73 Å². The molecule has 0 amide bonds. The van der Waals surface area contributed by atoms with Gasteiger partial charge in [-0.2, -0.15) is 0 Å². The first kappa shape index (κ1) is 7.02. The highest BCUT2D eigenvalue weighted by Gasteiger charge is 2.01. The van der Waals surface area contributed by atoms with Crippen molar-refractivity contribution in [1.82, 2.24) is 4.98 Å². The van der Waals surface area contributed by atoms with Gasteiger partial charge in [-0.15, -0.1) is 0 Å². The zero-order valence-corrected chi connectivity index (χ0v) is 7.42. The Morgan fingerprint density at radius 2 is 2.44 bits per heavy atom. The molecular formula is C5H7BrN2S. The van der Waals surface area contributed by atoms with Crippen LogP contribution in [0.2, 0.25) is 0 Å². The molecule has 0 saturated carbocycles. The maximum Gasteiger partial charge on any atom is 0.161 e. The summed E-state index contributed by atoms with van der Waals surface area (Å²) in [5.74, 6) is 0. The molecule has 0 fully saturated rings. The molecule has 0 aromatic carbocycles. The van der Waals surface area contributed by atoms with Crippen LogP contribution in [0.25, 0.3) is 0 Å². The van der Waals surface area contributed by atoms with Gasteiger partial charge in [0.05, 0.1) is 5.69 Å². The molecule has 2 N–H and O–H groups in total. The van der Waals surface area contributed by atoms with E-state index in [1.54, 1.807) is 0 Å². The van der Waals surface area contributed by atoms with Crippen LogP contribution in [0.5, 0.6) is 0 Å². The smallest absolute Gasteiger partial charge is 0.161 e. The second-order valence-corrected chi connectivity index (χ2v) is 3.94. The second kappa shape index (κ2) is 2.66. The van der Waals surface area contributed by atoms with Crippen LogP contribution in [0.1, 0.15) is 12.6 Å². The van der Waals surface area contributed by atoms with Crippen LogP contribution in [-0.4, -0.2) is 4.98 Å². The lowest BCUT2D eigenvalue weighted by Gasteiger charge is -1.85. The Balaban J connectivity index is 3.01. The van der Waals surface area contributed by atoms with E-state index in [9.17, 15) is 0 Å². The molecule has 0 aliphatic heterocycles. The summed E-state index contributed by atoms with van der Waals surface area (Å²) in [6.07, 6.45) is 0.911. The van der Waals surface area contributed by atoms with E-state index in [2.05, 4.69) is 20.9 Å². The normalized spacial score (nSPS) is 10.0. The third kappa shape index (κ3) is 1.43. The fraction of sp³-hybridized carbons (Fsp3) is 0.400. The number of halogens is 1. The number of rotatable bonds is 1. The maximum absolute atomic E-state index is 5.58. The predicted octanol–water partition coefficient (Wildman–Crippen LogP) is 2.05. The first-order valence-corrected chi connectivity index (χ1v) is 4.25. The number of nitrogens with two attached hydrogens (primary N) is 1. The largest absolute Gasteiger partial charge is 0.389 e. The average Bonchev–Trinajstić information content (AvgIpc) is 2.10. The number of thiazole rings is 1. The van der Waals surface area contributed by atoms with Gasteiger partial charge in [0.25, 0.3) is 0 Å². The molecule has 0 aliphatic carbocycles. The number of nitrogen functional groups attached to an aromatic ring is 1. The molecule has 0 spiro atoms. The van der Waals surface area contributed by atoms with E-state index in [0.29, 0.717) is 0 Å². The Morgan fingerprint density at radius 3 is 2.67 bits per heavy atom. The average molecular weight is 207 g/mol. The van der Waals surface area contributed by atoms with Crippen LogP contribution >= 0.6 is 27.3 Å². The van der Waals surface area contributed by atoms with Gasteiger partial charge in [0, 0.05) is 0 Å². The van der Waals surface area contributed by atoms with Crippen molar-refractivity contribution >= 4 is 32.3 Å². The Hall–Kier alpha value is -0.0900. The summed E-state index contributed by atoms with van der Waals surface area (Å²) in [6.45, 7) is 2.04. The van der Waals surface area contributed by atoms with Crippen molar-refractivity contribution in [3.05, 3.63) is 9.61 Å². The molecule has 1 rings (SSSR count). The number of aromatic nitrogens is 1. The zero-order chi connectivity index (χ0) is 6.85. The molecule has 0 atom stereocenters. The highest BCUT2D eigenvalue weighted by Crippen LogP contribution is 2.25. The van der Waals surface area contributed by atoms with Gasteiger partial charge in [0.15, 0.2) is 3.92 Å². The number of hydrogen-bond donors (Lipinski definition) is 1. The third-order valence-corrected chi connectivity index (χ3v) is 2.41. The SMILES string of the molecule is CCc1nc(Br)sc1N. The van der Waals surface area contributed by atoms with Gasteiger partial charge in [-0.05, 0) is 22.4 Å². The number of anilines is 1. The fourth-order valence-corrected chi connectivity index (χ4v) is 1.97. The molecule has 0 bridgehead atoms. The maximum atomic E-state index is 5.58. The molecular weight excluding hydrogens is 200 g/mol. The lowest BCUT2D eigenvalue weighted by molar-refractivity contribution is 1.06. The van der Waals surface area contributed by atoms with Gasteiger partial charge >= 0.3 is 0 Å². The van der Waals surface area contributed by atoms with Gasteiger partial charge in [-0.3, -0.25) is 0 Å². The van der Waals surface area contributed by atoms with Crippen LogP contribution in [0.15, 0.2) is 3.92 Å². The third-order valence-electron chi connectivity index (χ3n) is 1.04. The standard InChI is InChI=1S/C5H7BrN2S/c1-2-3-4(7)9-5(6)8-3/h2,7H2,1H3. The molecule has 2 nitrogen and oxygen atoms in total. The summed E-state index contributed by atoms with van der Waals surface area (Å²) in [4.78, 5) is 4.14. The highest BCUT2D eigenvalue weighted by atomic mass is 79.9. The van der Waals surface area contributed by atoms with Gasteiger partial charge in [0.2, 0.25) is 0 Å². The van der Waals surface area contributed by atoms with Gasteiger partial charge < -0.3 is 5.73 Å². The van der Waals surface area contributed by atoms with E-state index < -0.39 is 0 Å².